The summed E-state index contributed by atoms with van der Waals surface area (Å²) in [6, 6.07) is 11.3. The van der Waals surface area contributed by atoms with Gasteiger partial charge in [0.05, 0.1) is 28.3 Å². The number of thiazole rings is 1. The number of halogens is 2. The summed E-state index contributed by atoms with van der Waals surface area (Å²) in [6.07, 6.45) is 6.92. The van der Waals surface area contributed by atoms with Crippen molar-refractivity contribution in [3.05, 3.63) is 65.3 Å². The minimum Gasteiger partial charge on any atom is -0.432 e. The van der Waals surface area contributed by atoms with Gasteiger partial charge in [-0.25, -0.2) is 15.0 Å². The van der Waals surface area contributed by atoms with Gasteiger partial charge in [-0.05, 0) is 43.5 Å². The lowest BCUT2D eigenvalue weighted by Crippen LogP contribution is -2.21. The number of pyridine rings is 1. The Balaban J connectivity index is 1.21. The van der Waals surface area contributed by atoms with Gasteiger partial charge in [0.2, 0.25) is 5.95 Å². The zero-order chi connectivity index (χ0) is 22.8. The molecule has 3 heterocycles. The van der Waals surface area contributed by atoms with E-state index in [1.165, 1.54) is 18.5 Å². The first kappa shape index (κ1) is 21.3. The fourth-order valence-corrected chi connectivity index (χ4v) is 4.90. The number of alkyl halides is 2. The van der Waals surface area contributed by atoms with E-state index in [4.69, 9.17) is 0 Å². The van der Waals surface area contributed by atoms with Crippen molar-refractivity contribution in [2.45, 2.75) is 38.0 Å². The van der Waals surface area contributed by atoms with Gasteiger partial charge in [-0.15, -0.1) is 0 Å². The van der Waals surface area contributed by atoms with Crippen LogP contribution < -0.4 is 20.9 Å². The highest BCUT2D eigenvalue weighted by molar-refractivity contribution is 7.22. The van der Waals surface area contributed by atoms with Gasteiger partial charge in [-0.2, -0.15) is 8.78 Å². The Morgan fingerprint density at radius 2 is 1.88 bits per heavy atom. The number of benzene rings is 1. The zero-order valence-electron chi connectivity index (χ0n) is 17.3. The molecule has 5 rings (SSSR count). The molecule has 11 heteroatoms. The standard InChI is InChI=1S/C22H20F2N6O2S/c23-20(24)32-16-11-25-21(26-12-16)27-13-4-5-14(9-13)28-22-29-17-7-6-15(10-18(17)33-22)30-8-2-1-3-19(30)31/h1-3,6-8,10-14,20H,4-5,9H2,(H,28,29)(H,25,26,27)/t13-,14-/m0/s1. The molecular weight excluding hydrogens is 450 g/mol. The second kappa shape index (κ2) is 9.10. The van der Waals surface area contributed by atoms with Gasteiger partial charge in [0, 0.05) is 24.3 Å². The number of aromatic nitrogens is 4. The topological polar surface area (TPSA) is 94.0 Å². The Morgan fingerprint density at radius 1 is 1.09 bits per heavy atom. The van der Waals surface area contributed by atoms with Crippen molar-refractivity contribution in [3.8, 4) is 11.4 Å². The molecule has 170 valence electrons. The van der Waals surface area contributed by atoms with E-state index in [1.807, 2.05) is 24.3 Å². The highest BCUT2D eigenvalue weighted by atomic mass is 32.1. The number of nitrogens with one attached hydrogen (secondary N) is 2. The van der Waals surface area contributed by atoms with Crippen LogP contribution in [0.3, 0.4) is 0 Å². The third-order valence-corrected chi connectivity index (χ3v) is 6.37. The molecular formula is C22H20F2N6O2S. The minimum absolute atomic E-state index is 0.0716. The molecule has 0 saturated heterocycles. The van der Waals surface area contributed by atoms with Crippen molar-refractivity contribution in [1.82, 2.24) is 19.5 Å². The summed E-state index contributed by atoms with van der Waals surface area (Å²) in [4.78, 5) is 24.8. The first-order valence-electron chi connectivity index (χ1n) is 10.4. The van der Waals surface area contributed by atoms with E-state index in [0.717, 1.165) is 40.3 Å². The molecule has 1 saturated carbocycles. The van der Waals surface area contributed by atoms with Gasteiger partial charge in [-0.3, -0.25) is 9.36 Å². The largest absolute Gasteiger partial charge is 0.432 e. The van der Waals surface area contributed by atoms with E-state index >= 15 is 0 Å². The number of rotatable bonds is 7. The molecule has 0 aliphatic heterocycles. The van der Waals surface area contributed by atoms with Crippen molar-refractivity contribution in [2.75, 3.05) is 10.6 Å². The average molecular weight is 471 g/mol. The summed E-state index contributed by atoms with van der Waals surface area (Å²) < 4.78 is 31.3. The minimum atomic E-state index is -2.90. The van der Waals surface area contributed by atoms with Gasteiger partial charge in [0.1, 0.15) is 0 Å². The summed E-state index contributed by atoms with van der Waals surface area (Å²) in [5.41, 5.74) is 1.60. The first-order valence-corrected chi connectivity index (χ1v) is 11.2. The lowest BCUT2D eigenvalue weighted by Gasteiger charge is -2.14. The molecule has 1 aromatic carbocycles. The smallest absolute Gasteiger partial charge is 0.387 e. The second-order valence-electron chi connectivity index (χ2n) is 7.70. The van der Waals surface area contributed by atoms with Crippen molar-refractivity contribution in [2.24, 2.45) is 0 Å². The van der Waals surface area contributed by atoms with E-state index in [1.54, 1.807) is 28.2 Å². The van der Waals surface area contributed by atoms with Gasteiger partial charge in [-0.1, -0.05) is 17.4 Å². The number of ether oxygens (including phenoxy) is 1. The van der Waals surface area contributed by atoms with Gasteiger partial charge in [0.15, 0.2) is 10.9 Å². The van der Waals surface area contributed by atoms with Crippen LogP contribution >= 0.6 is 11.3 Å². The maximum atomic E-state index is 12.2. The number of hydrogen-bond acceptors (Lipinski definition) is 8. The van der Waals surface area contributed by atoms with E-state index < -0.39 is 6.61 Å². The third-order valence-electron chi connectivity index (χ3n) is 5.42. The van der Waals surface area contributed by atoms with Crippen LogP contribution in [0.4, 0.5) is 19.9 Å². The van der Waals surface area contributed by atoms with Crippen molar-refractivity contribution in [1.29, 1.82) is 0 Å². The highest BCUT2D eigenvalue weighted by Crippen LogP contribution is 2.31. The predicted octanol–water partition coefficient (Wildman–Crippen LogP) is 4.28. The van der Waals surface area contributed by atoms with Crippen LogP contribution in [-0.4, -0.2) is 38.2 Å². The quantitative estimate of drug-likeness (QED) is 0.416. The van der Waals surface area contributed by atoms with Crippen molar-refractivity contribution >= 4 is 32.6 Å². The highest BCUT2D eigenvalue weighted by Gasteiger charge is 2.26. The molecule has 3 aromatic heterocycles. The number of nitrogens with zero attached hydrogens (tertiary/aromatic N) is 4. The summed E-state index contributed by atoms with van der Waals surface area (Å²) >= 11 is 1.55. The first-order chi connectivity index (χ1) is 16.0. The summed E-state index contributed by atoms with van der Waals surface area (Å²) in [6.45, 7) is -2.90. The van der Waals surface area contributed by atoms with E-state index in [9.17, 15) is 13.6 Å². The van der Waals surface area contributed by atoms with Gasteiger partial charge in [0.25, 0.3) is 5.56 Å². The Kier molecular flexibility index (Phi) is 5.86. The molecule has 1 aliphatic rings. The normalized spacial score (nSPS) is 18.0. The van der Waals surface area contributed by atoms with Crippen LogP contribution in [-0.2, 0) is 0 Å². The molecule has 2 N–H and O–H groups in total. The lowest BCUT2D eigenvalue weighted by atomic mass is 10.2. The molecule has 0 spiro atoms. The molecule has 33 heavy (non-hydrogen) atoms. The Morgan fingerprint density at radius 3 is 2.64 bits per heavy atom. The van der Waals surface area contributed by atoms with Crippen molar-refractivity contribution < 1.29 is 13.5 Å². The SMILES string of the molecule is O=c1ccccn1-c1ccc2nc(N[C@H]3CC[C@H](Nc4ncc(OC(F)F)cn4)C3)sc2c1. The molecule has 0 unspecified atom stereocenters. The number of hydrogen-bond donors (Lipinski definition) is 2. The van der Waals surface area contributed by atoms with Crippen LogP contribution in [0.2, 0.25) is 0 Å². The molecule has 4 aromatic rings. The average Bonchev–Trinajstić information content (AvgIpc) is 3.40. The zero-order valence-corrected chi connectivity index (χ0v) is 18.1. The fourth-order valence-electron chi connectivity index (χ4n) is 3.92. The van der Waals surface area contributed by atoms with E-state index in [2.05, 4.69) is 30.3 Å². The molecule has 0 radical (unpaired) electrons. The Bertz CT molecular complexity index is 1310. The molecule has 2 atom stereocenters. The number of anilines is 2. The molecule has 8 nitrogen and oxygen atoms in total. The Hall–Kier alpha value is -3.60. The van der Waals surface area contributed by atoms with Crippen LogP contribution in [0.15, 0.2) is 59.8 Å². The third kappa shape index (κ3) is 4.92. The van der Waals surface area contributed by atoms with Gasteiger partial charge < -0.3 is 15.4 Å². The van der Waals surface area contributed by atoms with Crippen LogP contribution in [0.5, 0.6) is 5.75 Å². The summed E-state index contributed by atoms with van der Waals surface area (Å²) in [5.74, 6) is 0.309. The fraction of sp³-hybridized carbons (Fsp3) is 0.273. The summed E-state index contributed by atoms with van der Waals surface area (Å²) in [5, 5.41) is 7.57. The van der Waals surface area contributed by atoms with Crippen LogP contribution in [0.25, 0.3) is 15.9 Å². The van der Waals surface area contributed by atoms with Crippen molar-refractivity contribution in [3.63, 3.8) is 0 Å². The van der Waals surface area contributed by atoms with Gasteiger partial charge >= 0.3 is 6.61 Å². The maximum absolute atomic E-state index is 12.2. The van der Waals surface area contributed by atoms with E-state index in [0.29, 0.717) is 5.95 Å². The monoisotopic (exact) mass is 470 g/mol. The molecule has 1 aliphatic carbocycles. The predicted molar refractivity (Wildman–Crippen MR) is 123 cm³/mol. The van der Waals surface area contributed by atoms with Crippen LogP contribution in [0.1, 0.15) is 19.3 Å². The van der Waals surface area contributed by atoms with Crippen LogP contribution in [0, 0.1) is 0 Å². The number of fused-ring (bicyclic) bond motifs is 1. The Labute approximate surface area is 191 Å². The lowest BCUT2D eigenvalue weighted by molar-refractivity contribution is -0.0503. The molecule has 1 fully saturated rings. The second-order valence-corrected chi connectivity index (χ2v) is 8.73. The maximum Gasteiger partial charge on any atom is 0.387 e. The van der Waals surface area contributed by atoms with E-state index in [-0.39, 0.29) is 23.4 Å². The summed E-state index contributed by atoms with van der Waals surface area (Å²) in [7, 11) is 0. The molecule has 0 amide bonds. The molecule has 0 bridgehead atoms.